The van der Waals surface area contributed by atoms with Crippen LogP contribution in [-0.2, 0) is 19.6 Å². The van der Waals surface area contributed by atoms with E-state index in [2.05, 4.69) is 4.98 Å². The molecule has 1 aliphatic heterocycles. The largest absolute Gasteiger partial charge is 0.495 e. The number of methoxy groups -OCH3 is 1. The number of hydrogen-bond donors (Lipinski definition) is 2. The van der Waals surface area contributed by atoms with E-state index in [1.165, 1.54) is 19.2 Å². The van der Waals surface area contributed by atoms with E-state index in [-0.39, 0.29) is 30.2 Å². The fraction of sp³-hybridized carbons (Fsp3) is 0.316. The predicted octanol–water partition coefficient (Wildman–Crippen LogP) is 0.460. The molecule has 0 radical (unpaired) electrons. The van der Waals surface area contributed by atoms with Gasteiger partial charge in [-0.05, 0) is 30.2 Å². The standard InChI is InChI=1S/C19H21FN4O5S/c1-29-17-14(12-5-8-22-9-6-12)3-2-4-15(17)30(27,28)23-16(18(21)25)19(26)24-10-7-13(20)11-24/h2-6,8-9,13,16,23H,7,10-11H2,1H3,(H2,21,25)/t13-,16-/m0/s1. The third-order valence-corrected chi connectivity index (χ3v) is 6.16. The first-order valence-electron chi connectivity index (χ1n) is 9.06. The number of sulfonamides is 1. The van der Waals surface area contributed by atoms with Gasteiger partial charge in [0.15, 0.2) is 6.04 Å². The van der Waals surface area contributed by atoms with Crippen LogP contribution in [0.1, 0.15) is 6.42 Å². The molecule has 2 amide bonds. The summed E-state index contributed by atoms with van der Waals surface area (Å²) in [7, 11) is -3.09. The number of alkyl halides is 1. The summed E-state index contributed by atoms with van der Waals surface area (Å²) >= 11 is 0. The monoisotopic (exact) mass is 436 g/mol. The van der Waals surface area contributed by atoms with E-state index in [1.807, 2.05) is 4.72 Å². The Kier molecular flexibility index (Phi) is 6.32. The molecule has 2 aromatic rings. The van der Waals surface area contributed by atoms with Crippen LogP contribution in [0.15, 0.2) is 47.6 Å². The van der Waals surface area contributed by atoms with Crippen molar-refractivity contribution in [2.24, 2.45) is 5.73 Å². The fourth-order valence-corrected chi connectivity index (χ4v) is 4.60. The quantitative estimate of drug-likeness (QED) is 0.606. The van der Waals surface area contributed by atoms with Gasteiger partial charge in [-0.3, -0.25) is 14.6 Å². The van der Waals surface area contributed by atoms with Gasteiger partial charge in [0.25, 0.3) is 5.91 Å². The molecule has 3 rings (SSSR count). The minimum Gasteiger partial charge on any atom is -0.495 e. The van der Waals surface area contributed by atoms with E-state index in [0.717, 1.165) is 4.90 Å². The van der Waals surface area contributed by atoms with Gasteiger partial charge in [-0.1, -0.05) is 12.1 Å². The van der Waals surface area contributed by atoms with Crippen molar-refractivity contribution in [1.29, 1.82) is 0 Å². The van der Waals surface area contributed by atoms with E-state index < -0.39 is 34.1 Å². The van der Waals surface area contributed by atoms with Gasteiger partial charge in [-0.15, -0.1) is 0 Å². The maximum absolute atomic E-state index is 13.4. The minimum atomic E-state index is -4.40. The summed E-state index contributed by atoms with van der Waals surface area (Å²) in [6, 6.07) is 5.94. The number of rotatable bonds is 7. The Bertz CT molecular complexity index is 1050. The number of nitrogens with zero attached hydrogens (tertiary/aromatic N) is 2. The lowest BCUT2D eigenvalue weighted by molar-refractivity contribution is -0.136. The molecule has 0 saturated carbocycles. The SMILES string of the molecule is COc1c(-c2ccncc2)cccc1S(=O)(=O)N[C@@H](C(N)=O)C(=O)N1CC[C@H](F)C1. The number of nitrogens with two attached hydrogens (primary N) is 1. The normalized spacial score (nSPS) is 17.5. The Morgan fingerprint density at radius 2 is 2.00 bits per heavy atom. The molecule has 1 fully saturated rings. The van der Waals surface area contributed by atoms with Crippen molar-refractivity contribution in [1.82, 2.24) is 14.6 Å². The number of pyridine rings is 1. The molecule has 0 unspecified atom stereocenters. The van der Waals surface area contributed by atoms with Gasteiger partial charge in [0.05, 0.1) is 13.7 Å². The van der Waals surface area contributed by atoms with Crippen molar-refractivity contribution in [3.63, 3.8) is 0 Å². The van der Waals surface area contributed by atoms with Crippen LogP contribution in [-0.4, -0.2) is 62.5 Å². The molecule has 11 heteroatoms. The molecule has 0 bridgehead atoms. The number of carbonyl (C=O) groups excluding carboxylic acids is 2. The van der Waals surface area contributed by atoms with Crippen molar-refractivity contribution >= 4 is 21.8 Å². The summed E-state index contributed by atoms with van der Waals surface area (Å²) in [6.07, 6.45) is 1.98. The maximum Gasteiger partial charge on any atom is 0.250 e. The third kappa shape index (κ3) is 4.41. The fourth-order valence-electron chi connectivity index (χ4n) is 3.25. The molecule has 30 heavy (non-hydrogen) atoms. The minimum absolute atomic E-state index is 0.0249. The van der Waals surface area contributed by atoms with Crippen molar-refractivity contribution in [3.05, 3.63) is 42.7 Å². The Morgan fingerprint density at radius 1 is 1.30 bits per heavy atom. The van der Waals surface area contributed by atoms with E-state index in [9.17, 15) is 22.4 Å². The Morgan fingerprint density at radius 3 is 2.57 bits per heavy atom. The number of para-hydroxylation sites is 1. The number of amides is 2. The average Bonchev–Trinajstić information content (AvgIpc) is 3.17. The summed E-state index contributed by atoms with van der Waals surface area (Å²) in [5.41, 5.74) is 6.41. The molecule has 0 aliphatic carbocycles. The van der Waals surface area contributed by atoms with Crippen LogP contribution >= 0.6 is 0 Å². The molecular weight excluding hydrogens is 415 g/mol. The zero-order valence-corrected chi connectivity index (χ0v) is 16.9. The second-order valence-corrected chi connectivity index (χ2v) is 8.38. The van der Waals surface area contributed by atoms with E-state index in [0.29, 0.717) is 11.1 Å². The number of halogens is 1. The first-order chi connectivity index (χ1) is 14.2. The van der Waals surface area contributed by atoms with Gasteiger partial charge in [0.2, 0.25) is 15.9 Å². The zero-order chi connectivity index (χ0) is 21.9. The number of primary amides is 1. The summed E-state index contributed by atoms with van der Waals surface area (Å²) in [4.78, 5) is 29.2. The van der Waals surface area contributed by atoms with Crippen LogP contribution in [0.4, 0.5) is 4.39 Å². The molecule has 1 aliphatic rings. The number of hydrogen-bond acceptors (Lipinski definition) is 6. The Hall–Kier alpha value is -3.05. The average molecular weight is 436 g/mol. The van der Waals surface area contributed by atoms with Crippen LogP contribution in [0.25, 0.3) is 11.1 Å². The molecule has 2 atom stereocenters. The van der Waals surface area contributed by atoms with E-state index in [1.54, 1.807) is 30.6 Å². The van der Waals surface area contributed by atoms with Crippen LogP contribution < -0.4 is 15.2 Å². The summed E-state index contributed by atoms with van der Waals surface area (Å²) in [5.74, 6) is -2.05. The molecule has 1 aromatic carbocycles. The highest BCUT2D eigenvalue weighted by atomic mass is 32.2. The number of benzene rings is 1. The van der Waals surface area contributed by atoms with E-state index in [4.69, 9.17) is 10.5 Å². The lowest BCUT2D eigenvalue weighted by Crippen LogP contribution is -2.54. The topological polar surface area (TPSA) is 132 Å². The highest BCUT2D eigenvalue weighted by molar-refractivity contribution is 7.89. The van der Waals surface area contributed by atoms with Crippen LogP contribution in [0.3, 0.4) is 0 Å². The van der Waals surface area contributed by atoms with Gasteiger partial charge in [-0.25, -0.2) is 12.8 Å². The summed E-state index contributed by atoms with van der Waals surface area (Å²) < 4.78 is 46.9. The van der Waals surface area contributed by atoms with Gasteiger partial charge in [-0.2, -0.15) is 4.72 Å². The molecule has 2 heterocycles. The van der Waals surface area contributed by atoms with Crippen molar-refractivity contribution in [2.45, 2.75) is 23.5 Å². The number of ether oxygens (including phenoxy) is 1. The highest BCUT2D eigenvalue weighted by Crippen LogP contribution is 2.35. The predicted molar refractivity (Wildman–Crippen MR) is 106 cm³/mol. The van der Waals surface area contributed by atoms with Crippen LogP contribution in [0, 0.1) is 0 Å². The first kappa shape index (κ1) is 21.7. The number of nitrogens with one attached hydrogen (secondary N) is 1. The summed E-state index contributed by atoms with van der Waals surface area (Å²) in [6.45, 7) is -0.141. The molecule has 9 nitrogen and oxygen atoms in total. The number of carbonyl (C=O) groups is 2. The molecule has 1 saturated heterocycles. The van der Waals surface area contributed by atoms with Gasteiger partial charge in [0, 0.05) is 24.5 Å². The second kappa shape index (κ2) is 8.76. The van der Waals surface area contributed by atoms with Crippen molar-refractivity contribution in [3.8, 4) is 16.9 Å². The van der Waals surface area contributed by atoms with Gasteiger partial charge < -0.3 is 15.4 Å². The Labute approximate surface area is 173 Å². The lowest BCUT2D eigenvalue weighted by atomic mass is 10.1. The van der Waals surface area contributed by atoms with E-state index >= 15 is 0 Å². The molecule has 0 spiro atoms. The smallest absolute Gasteiger partial charge is 0.250 e. The summed E-state index contributed by atoms with van der Waals surface area (Å²) in [5, 5.41) is 0. The van der Waals surface area contributed by atoms with Gasteiger partial charge in [0.1, 0.15) is 16.8 Å². The number of aromatic nitrogens is 1. The molecular formula is C19H21FN4O5S. The first-order valence-corrected chi connectivity index (χ1v) is 10.5. The lowest BCUT2D eigenvalue weighted by Gasteiger charge is -2.22. The van der Waals surface area contributed by atoms with Crippen molar-refractivity contribution < 1.29 is 27.1 Å². The van der Waals surface area contributed by atoms with Crippen molar-refractivity contribution in [2.75, 3.05) is 20.2 Å². The number of likely N-dealkylation sites (tertiary alicyclic amines) is 1. The molecule has 160 valence electrons. The second-order valence-electron chi connectivity index (χ2n) is 6.70. The van der Waals surface area contributed by atoms with Gasteiger partial charge >= 0.3 is 0 Å². The Balaban J connectivity index is 1.96. The maximum atomic E-state index is 13.4. The zero-order valence-electron chi connectivity index (χ0n) is 16.1. The molecule has 1 aromatic heterocycles. The molecule has 3 N–H and O–H groups in total. The highest BCUT2D eigenvalue weighted by Gasteiger charge is 2.37. The van der Waals surface area contributed by atoms with Crippen LogP contribution in [0.5, 0.6) is 5.75 Å². The third-order valence-electron chi connectivity index (χ3n) is 4.71. The van der Waals surface area contributed by atoms with Crippen LogP contribution in [0.2, 0.25) is 0 Å².